The molecule has 4 rings (SSSR count). The summed E-state index contributed by atoms with van der Waals surface area (Å²) < 4.78 is 5.78. The van der Waals surface area contributed by atoms with Gasteiger partial charge in [0, 0.05) is 15.6 Å². The maximum Gasteiger partial charge on any atom is 0.257 e. The highest BCUT2D eigenvalue weighted by molar-refractivity contribution is 9.10. The lowest BCUT2D eigenvalue weighted by Crippen LogP contribution is -2.13. The standard InChI is InChI=1S/C19H12BrN3O2/c20-14-10-8-13(9-11-14)17-18(23-25-22-17)21-19(24)16-7-3-5-12-4-1-2-6-15(12)16/h1-11H,(H,21,23,24). The number of carbonyl (C=O) groups excluding carboxylic acids is 1. The fourth-order valence-electron chi connectivity index (χ4n) is 2.67. The van der Waals surface area contributed by atoms with Crippen molar-refractivity contribution in [3.63, 3.8) is 0 Å². The van der Waals surface area contributed by atoms with E-state index in [9.17, 15) is 4.79 Å². The minimum atomic E-state index is -0.258. The average Bonchev–Trinajstić information content (AvgIpc) is 3.10. The van der Waals surface area contributed by atoms with Crippen LogP contribution >= 0.6 is 15.9 Å². The van der Waals surface area contributed by atoms with E-state index in [1.165, 1.54) is 0 Å². The first-order chi connectivity index (χ1) is 12.2. The molecule has 0 atom stereocenters. The molecule has 0 fully saturated rings. The van der Waals surface area contributed by atoms with Crippen molar-refractivity contribution in [1.82, 2.24) is 10.3 Å². The van der Waals surface area contributed by atoms with Gasteiger partial charge < -0.3 is 5.32 Å². The SMILES string of the molecule is O=C(Nc1nonc1-c1ccc(Br)cc1)c1cccc2ccccc12. The van der Waals surface area contributed by atoms with Gasteiger partial charge in [-0.2, -0.15) is 0 Å². The quantitative estimate of drug-likeness (QED) is 0.537. The Balaban J connectivity index is 1.68. The monoisotopic (exact) mass is 393 g/mol. The summed E-state index contributed by atoms with van der Waals surface area (Å²) in [6, 6.07) is 20.9. The van der Waals surface area contributed by atoms with Crippen LogP contribution < -0.4 is 5.32 Å². The molecule has 25 heavy (non-hydrogen) atoms. The zero-order chi connectivity index (χ0) is 17.2. The predicted octanol–water partition coefficient (Wildman–Crippen LogP) is 4.90. The van der Waals surface area contributed by atoms with Gasteiger partial charge in [0.25, 0.3) is 5.91 Å². The molecule has 5 nitrogen and oxygen atoms in total. The Kier molecular flexibility index (Phi) is 4.03. The average molecular weight is 394 g/mol. The Hall–Kier alpha value is -2.99. The number of anilines is 1. The van der Waals surface area contributed by atoms with Crippen molar-refractivity contribution in [1.29, 1.82) is 0 Å². The lowest BCUT2D eigenvalue weighted by Gasteiger charge is -2.07. The molecular weight excluding hydrogens is 382 g/mol. The number of aromatic nitrogens is 2. The van der Waals surface area contributed by atoms with Crippen LogP contribution in [0.3, 0.4) is 0 Å². The molecule has 1 heterocycles. The first-order valence-corrected chi connectivity index (χ1v) is 8.39. The molecule has 1 aromatic heterocycles. The van der Waals surface area contributed by atoms with Crippen LogP contribution in [0.4, 0.5) is 5.82 Å². The third kappa shape index (κ3) is 3.04. The third-order valence-corrected chi connectivity index (χ3v) is 4.40. The summed E-state index contributed by atoms with van der Waals surface area (Å²) in [6.45, 7) is 0. The van der Waals surface area contributed by atoms with Crippen LogP contribution in [0, 0.1) is 0 Å². The Labute approximate surface area is 151 Å². The highest BCUT2D eigenvalue weighted by Gasteiger charge is 2.17. The predicted molar refractivity (Wildman–Crippen MR) is 99.3 cm³/mol. The minimum Gasteiger partial charge on any atom is -0.302 e. The van der Waals surface area contributed by atoms with E-state index in [1.54, 1.807) is 6.07 Å². The highest BCUT2D eigenvalue weighted by atomic mass is 79.9. The molecule has 6 heteroatoms. The largest absolute Gasteiger partial charge is 0.302 e. The molecule has 122 valence electrons. The normalized spacial score (nSPS) is 10.8. The second kappa shape index (κ2) is 6.49. The number of benzene rings is 3. The molecule has 0 spiro atoms. The first kappa shape index (κ1) is 15.5. The summed E-state index contributed by atoms with van der Waals surface area (Å²) in [5.74, 6) is 0.0334. The highest BCUT2D eigenvalue weighted by Crippen LogP contribution is 2.27. The van der Waals surface area contributed by atoms with E-state index >= 15 is 0 Å². The van der Waals surface area contributed by atoms with Gasteiger partial charge in [0.1, 0.15) is 0 Å². The van der Waals surface area contributed by atoms with Crippen LogP contribution in [0.5, 0.6) is 0 Å². The van der Waals surface area contributed by atoms with Gasteiger partial charge in [-0.15, -0.1) is 0 Å². The van der Waals surface area contributed by atoms with E-state index in [4.69, 9.17) is 4.63 Å². The number of halogens is 1. The number of nitrogens with one attached hydrogen (secondary N) is 1. The number of amides is 1. The Bertz CT molecular complexity index is 1050. The summed E-state index contributed by atoms with van der Waals surface area (Å²) in [5, 5.41) is 12.4. The zero-order valence-electron chi connectivity index (χ0n) is 12.9. The number of nitrogens with zero attached hydrogens (tertiary/aromatic N) is 2. The Morgan fingerprint density at radius 1 is 0.920 bits per heavy atom. The molecule has 3 aromatic carbocycles. The summed E-state index contributed by atoms with van der Waals surface area (Å²) in [7, 11) is 0. The lowest BCUT2D eigenvalue weighted by atomic mass is 10.0. The number of hydrogen-bond acceptors (Lipinski definition) is 4. The van der Waals surface area contributed by atoms with Gasteiger partial charge in [0.05, 0.1) is 0 Å². The van der Waals surface area contributed by atoms with Crippen molar-refractivity contribution >= 4 is 38.4 Å². The van der Waals surface area contributed by atoms with Gasteiger partial charge in [-0.05, 0) is 39.3 Å². The molecule has 0 bridgehead atoms. The summed E-state index contributed by atoms with van der Waals surface area (Å²) in [6.07, 6.45) is 0. The number of carbonyl (C=O) groups is 1. The van der Waals surface area contributed by atoms with Crippen LogP contribution in [-0.2, 0) is 0 Å². The molecular formula is C19H12BrN3O2. The molecule has 0 aliphatic carbocycles. The van der Waals surface area contributed by atoms with E-state index in [-0.39, 0.29) is 5.91 Å². The number of hydrogen-bond donors (Lipinski definition) is 1. The minimum absolute atomic E-state index is 0.258. The van der Waals surface area contributed by atoms with Crippen molar-refractivity contribution in [2.24, 2.45) is 0 Å². The molecule has 0 unspecified atom stereocenters. The smallest absolute Gasteiger partial charge is 0.257 e. The third-order valence-electron chi connectivity index (χ3n) is 3.87. The number of fused-ring (bicyclic) bond motifs is 1. The first-order valence-electron chi connectivity index (χ1n) is 7.60. The van der Waals surface area contributed by atoms with E-state index in [0.717, 1.165) is 20.8 Å². The van der Waals surface area contributed by atoms with Crippen LogP contribution in [0.1, 0.15) is 10.4 Å². The van der Waals surface area contributed by atoms with Crippen LogP contribution in [0.25, 0.3) is 22.0 Å². The van der Waals surface area contributed by atoms with Gasteiger partial charge in [-0.1, -0.05) is 64.5 Å². The van der Waals surface area contributed by atoms with Crippen molar-refractivity contribution in [3.8, 4) is 11.3 Å². The van der Waals surface area contributed by atoms with Crippen molar-refractivity contribution < 1.29 is 9.42 Å². The zero-order valence-corrected chi connectivity index (χ0v) is 14.5. The van der Waals surface area contributed by atoms with Crippen molar-refractivity contribution in [3.05, 3.63) is 76.8 Å². The van der Waals surface area contributed by atoms with Gasteiger partial charge in [-0.25, -0.2) is 4.63 Å². The fraction of sp³-hybridized carbons (Fsp3) is 0. The fourth-order valence-corrected chi connectivity index (χ4v) is 2.93. The topological polar surface area (TPSA) is 68.0 Å². The summed E-state index contributed by atoms with van der Waals surface area (Å²) in [5.41, 5.74) is 1.86. The Morgan fingerprint density at radius 3 is 2.52 bits per heavy atom. The maximum atomic E-state index is 12.7. The van der Waals surface area contributed by atoms with Gasteiger partial charge >= 0.3 is 0 Å². The second-order valence-corrected chi connectivity index (χ2v) is 6.36. The lowest BCUT2D eigenvalue weighted by molar-refractivity contribution is 0.102. The molecule has 1 amide bonds. The summed E-state index contributed by atoms with van der Waals surface area (Å²) >= 11 is 3.39. The van der Waals surface area contributed by atoms with E-state index in [1.807, 2.05) is 60.7 Å². The van der Waals surface area contributed by atoms with E-state index < -0.39 is 0 Å². The maximum absolute atomic E-state index is 12.7. The molecule has 4 aromatic rings. The van der Waals surface area contributed by atoms with Crippen molar-refractivity contribution in [2.75, 3.05) is 5.32 Å². The van der Waals surface area contributed by atoms with Gasteiger partial charge in [0.2, 0.25) is 5.82 Å². The van der Waals surface area contributed by atoms with Crippen LogP contribution in [0.15, 0.2) is 75.8 Å². The van der Waals surface area contributed by atoms with Crippen molar-refractivity contribution in [2.45, 2.75) is 0 Å². The summed E-state index contributed by atoms with van der Waals surface area (Å²) in [4.78, 5) is 12.7. The molecule has 0 saturated heterocycles. The van der Waals surface area contributed by atoms with E-state index in [0.29, 0.717) is 17.1 Å². The second-order valence-electron chi connectivity index (χ2n) is 5.45. The van der Waals surface area contributed by atoms with Gasteiger partial charge in [0.15, 0.2) is 5.69 Å². The van der Waals surface area contributed by atoms with Gasteiger partial charge in [-0.3, -0.25) is 4.79 Å². The molecule has 0 aliphatic rings. The Morgan fingerprint density at radius 2 is 1.68 bits per heavy atom. The molecule has 1 N–H and O–H groups in total. The van der Waals surface area contributed by atoms with Crippen LogP contribution in [0.2, 0.25) is 0 Å². The molecule has 0 saturated carbocycles. The van der Waals surface area contributed by atoms with E-state index in [2.05, 4.69) is 31.6 Å². The molecule has 0 radical (unpaired) electrons. The molecule has 0 aliphatic heterocycles. The number of rotatable bonds is 3. The van der Waals surface area contributed by atoms with Crippen LogP contribution in [-0.4, -0.2) is 16.2 Å².